The maximum atomic E-state index is 13.1. The molecule has 37 heavy (non-hydrogen) atoms. The first-order valence-corrected chi connectivity index (χ1v) is 12.0. The quantitative estimate of drug-likeness (QED) is 0.278. The number of hydrogen-bond acceptors (Lipinski definition) is 6. The number of amides is 3. The van der Waals surface area contributed by atoms with Gasteiger partial charge in [-0.25, -0.2) is 9.69 Å². The molecule has 0 aromatic heterocycles. The summed E-state index contributed by atoms with van der Waals surface area (Å²) < 4.78 is 4.94. The molecule has 11 heteroatoms. The summed E-state index contributed by atoms with van der Waals surface area (Å²) in [6.45, 7) is 1.91. The van der Waals surface area contributed by atoms with Crippen LogP contribution in [0.25, 0.3) is 0 Å². The standard InChI is InChI=1S/C26H18Cl3N3O5/c1-2-37-26(36)14-6-8-20(9-7-14)32-24(34)21(29)22(25(32)35)30-18-5-3-4-15(10-18)23(33)31-19-12-16(27)11-17(28)13-19/h3-13,30H,2H2,1H3,(H,31,33). The Morgan fingerprint density at radius 2 is 1.51 bits per heavy atom. The highest BCUT2D eigenvalue weighted by Crippen LogP contribution is 2.31. The minimum absolute atomic E-state index is 0.152. The van der Waals surface area contributed by atoms with E-state index in [0.29, 0.717) is 21.4 Å². The normalized spacial score (nSPS) is 13.1. The van der Waals surface area contributed by atoms with Crippen LogP contribution >= 0.6 is 34.8 Å². The van der Waals surface area contributed by atoms with Gasteiger partial charge in [0.2, 0.25) is 0 Å². The lowest BCUT2D eigenvalue weighted by atomic mass is 10.1. The number of carbonyl (C=O) groups excluding carboxylic acids is 4. The van der Waals surface area contributed by atoms with E-state index in [2.05, 4.69) is 10.6 Å². The van der Waals surface area contributed by atoms with Crippen molar-refractivity contribution >= 4 is 75.6 Å². The van der Waals surface area contributed by atoms with E-state index >= 15 is 0 Å². The molecule has 188 valence electrons. The van der Waals surface area contributed by atoms with Crippen LogP contribution in [0.2, 0.25) is 10.0 Å². The predicted molar refractivity (Wildman–Crippen MR) is 142 cm³/mol. The molecule has 0 bridgehead atoms. The Kier molecular flexibility index (Phi) is 7.83. The zero-order chi connectivity index (χ0) is 26.7. The fourth-order valence-corrected chi connectivity index (χ4v) is 4.26. The Balaban J connectivity index is 1.51. The molecule has 0 fully saturated rings. The number of hydrogen-bond donors (Lipinski definition) is 2. The van der Waals surface area contributed by atoms with E-state index in [0.717, 1.165) is 4.90 Å². The number of carbonyl (C=O) groups is 4. The van der Waals surface area contributed by atoms with Gasteiger partial charge in [0.25, 0.3) is 17.7 Å². The lowest BCUT2D eigenvalue weighted by molar-refractivity contribution is -0.120. The smallest absolute Gasteiger partial charge is 0.338 e. The lowest BCUT2D eigenvalue weighted by Gasteiger charge is -2.15. The summed E-state index contributed by atoms with van der Waals surface area (Å²) in [5.41, 5.74) is 1.38. The zero-order valence-corrected chi connectivity index (χ0v) is 21.4. The Morgan fingerprint density at radius 3 is 2.16 bits per heavy atom. The van der Waals surface area contributed by atoms with E-state index in [4.69, 9.17) is 39.5 Å². The highest BCUT2D eigenvalue weighted by Gasteiger charge is 2.39. The first-order chi connectivity index (χ1) is 17.7. The summed E-state index contributed by atoms with van der Waals surface area (Å²) in [6, 6.07) is 16.7. The third kappa shape index (κ3) is 5.77. The fraction of sp³-hybridized carbons (Fsp3) is 0.0769. The van der Waals surface area contributed by atoms with E-state index in [1.54, 1.807) is 43.3 Å². The lowest BCUT2D eigenvalue weighted by Crippen LogP contribution is -2.32. The van der Waals surface area contributed by atoms with Gasteiger partial charge in [-0.15, -0.1) is 0 Å². The van der Waals surface area contributed by atoms with Crippen molar-refractivity contribution in [1.29, 1.82) is 0 Å². The maximum Gasteiger partial charge on any atom is 0.338 e. The van der Waals surface area contributed by atoms with Crippen LogP contribution in [0.4, 0.5) is 17.1 Å². The molecule has 3 aromatic carbocycles. The highest BCUT2D eigenvalue weighted by molar-refractivity contribution is 6.53. The van der Waals surface area contributed by atoms with Crippen LogP contribution in [0.3, 0.4) is 0 Å². The fourth-order valence-electron chi connectivity index (χ4n) is 3.52. The van der Waals surface area contributed by atoms with Crippen molar-refractivity contribution in [1.82, 2.24) is 0 Å². The average Bonchev–Trinajstić information content (AvgIpc) is 3.07. The maximum absolute atomic E-state index is 13.1. The van der Waals surface area contributed by atoms with Crippen molar-refractivity contribution in [3.8, 4) is 0 Å². The molecule has 0 aliphatic carbocycles. The number of nitrogens with one attached hydrogen (secondary N) is 2. The number of anilines is 3. The van der Waals surface area contributed by atoms with Gasteiger partial charge >= 0.3 is 5.97 Å². The molecule has 4 rings (SSSR count). The molecule has 0 atom stereocenters. The third-order valence-electron chi connectivity index (χ3n) is 5.18. The van der Waals surface area contributed by atoms with Crippen LogP contribution in [-0.2, 0) is 14.3 Å². The van der Waals surface area contributed by atoms with Gasteiger partial charge in [-0.2, -0.15) is 0 Å². The van der Waals surface area contributed by atoms with Crippen molar-refractivity contribution in [2.75, 3.05) is 22.1 Å². The molecule has 0 saturated carbocycles. The van der Waals surface area contributed by atoms with Crippen molar-refractivity contribution in [2.24, 2.45) is 0 Å². The molecule has 0 radical (unpaired) electrons. The van der Waals surface area contributed by atoms with E-state index in [-0.39, 0.29) is 34.2 Å². The second-order valence-corrected chi connectivity index (χ2v) is 8.97. The molecule has 3 amide bonds. The van der Waals surface area contributed by atoms with Crippen molar-refractivity contribution in [3.63, 3.8) is 0 Å². The average molecular weight is 559 g/mol. The summed E-state index contributed by atoms with van der Waals surface area (Å²) in [7, 11) is 0. The monoisotopic (exact) mass is 557 g/mol. The molecule has 1 heterocycles. The van der Waals surface area contributed by atoms with E-state index < -0.39 is 23.7 Å². The third-order valence-corrected chi connectivity index (χ3v) is 5.97. The number of rotatable bonds is 7. The first-order valence-electron chi connectivity index (χ1n) is 10.9. The molecule has 0 saturated heterocycles. The Bertz CT molecular complexity index is 1430. The second kappa shape index (κ2) is 11.0. The summed E-state index contributed by atoms with van der Waals surface area (Å²) >= 11 is 18.2. The van der Waals surface area contributed by atoms with Crippen LogP contribution < -0.4 is 15.5 Å². The molecule has 3 aromatic rings. The van der Waals surface area contributed by atoms with Gasteiger partial charge < -0.3 is 15.4 Å². The van der Waals surface area contributed by atoms with Crippen molar-refractivity contribution < 1.29 is 23.9 Å². The number of benzene rings is 3. The van der Waals surface area contributed by atoms with Crippen LogP contribution in [0.15, 0.2) is 77.5 Å². The van der Waals surface area contributed by atoms with E-state index in [9.17, 15) is 19.2 Å². The number of halogens is 3. The van der Waals surface area contributed by atoms with Gasteiger partial charge in [0.15, 0.2) is 0 Å². The SMILES string of the molecule is CCOC(=O)c1ccc(N2C(=O)C(Cl)=C(Nc3cccc(C(=O)Nc4cc(Cl)cc(Cl)c4)c3)C2=O)cc1. The van der Waals surface area contributed by atoms with Crippen LogP contribution in [0.5, 0.6) is 0 Å². The van der Waals surface area contributed by atoms with Crippen molar-refractivity contribution in [2.45, 2.75) is 6.92 Å². The van der Waals surface area contributed by atoms with E-state index in [1.807, 2.05) is 0 Å². The molecule has 0 unspecified atom stereocenters. The molecule has 1 aliphatic heterocycles. The summed E-state index contributed by atoms with van der Waals surface area (Å²) in [5.74, 6) is -2.39. The van der Waals surface area contributed by atoms with Gasteiger partial charge in [-0.3, -0.25) is 14.4 Å². The molecule has 1 aliphatic rings. The Hall–Kier alpha value is -3.85. The van der Waals surface area contributed by atoms with Crippen LogP contribution in [0.1, 0.15) is 27.6 Å². The number of imide groups is 1. The molecular weight excluding hydrogens is 541 g/mol. The number of nitrogens with zero attached hydrogens (tertiary/aromatic N) is 1. The predicted octanol–water partition coefficient (Wildman–Crippen LogP) is 5.86. The van der Waals surface area contributed by atoms with Crippen molar-refractivity contribution in [3.05, 3.63) is 98.6 Å². The molecule has 2 N–H and O–H groups in total. The van der Waals surface area contributed by atoms with E-state index in [1.165, 1.54) is 30.3 Å². The highest BCUT2D eigenvalue weighted by atomic mass is 35.5. The topological polar surface area (TPSA) is 105 Å². The molecule has 0 spiro atoms. The summed E-state index contributed by atoms with van der Waals surface area (Å²) in [6.07, 6.45) is 0. The van der Waals surface area contributed by atoms with Gasteiger partial charge in [0, 0.05) is 27.0 Å². The van der Waals surface area contributed by atoms with Gasteiger partial charge in [-0.05, 0) is 67.6 Å². The molecule has 8 nitrogen and oxygen atoms in total. The van der Waals surface area contributed by atoms with Crippen LogP contribution in [0, 0.1) is 0 Å². The zero-order valence-electron chi connectivity index (χ0n) is 19.2. The Morgan fingerprint density at radius 1 is 0.838 bits per heavy atom. The van der Waals surface area contributed by atoms with Gasteiger partial charge in [0.1, 0.15) is 10.7 Å². The Labute approximate surface area is 226 Å². The minimum atomic E-state index is -0.732. The summed E-state index contributed by atoms with van der Waals surface area (Å²) in [4.78, 5) is 51.3. The summed E-state index contributed by atoms with van der Waals surface area (Å²) in [5, 5.41) is 5.95. The number of ether oxygens (including phenoxy) is 1. The second-order valence-electron chi connectivity index (χ2n) is 7.72. The van der Waals surface area contributed by atoms with Gasteiger partial charge in [-0.1, -0.05) is 40.9 Å². The molecular formula is C26H18Cl3N3O5. The van der Waals surface area contributed by atoms with Gasteiger partial charge in [0.05, 0.1) is 17.9 Å². The largest absolute Gasteiger partial charge is 0.462 e. The number of esters is 1. The first kappa shape index (κ1) is 26.2. The van der Waals surface area contributed by atoms with Crippen LogP contribution in [-0.4, -0.2) is 30.3 Å². The minimum Gasteiger partial charge on any atom is -0.462 e.